The third-order valence-corrected chi connectivity index (χ3v) is 9.50. The molecule has 3 aromatic rings. The van der Waals surface area contributed by atoms with Gasteiger partial charge in [-0.1, -0.05) is 72.8 Å². The largest absolute Gasteiger partial charge is 0.475 e. The first kappa shape index (κ1) is 21.9. The molecule has 0 spiro atoms. The molecule has 0 radical (unpaired) electrons. The summed E-state index contributed by atoms with van der Waals surface area (Å²) in [5.41, 5.74) is 7.10. The highest BCUT2D eigenvalue weighted by atomic mass is 16.5. The van der Waals surface area contributed by atoms with Crippen LogP contribution in [0, 0.1) is 5.41 Å². The molecule has 3 aromatic carbocycles. The molecule has 0 fully saturated rings. The Morgan fingerprint density at radius 2 is 1.00 bits per heavy atom. The number of hydrogen-bond donors (Lipinski definition) is 0. The number of ether oxygens (including phenoxy) is 3. The zero-order valence-electron chi connectivity index (χ0n) is 21.8. The molecule has 6 nitrogen and oxygen atoms in total. The van der Waals surface area contributed by atoms with Gasteiger partial charge in [0.05, 0.1) is 0 Å². The maximum atomic E-state index is 6.68. The summed E-state index contributed by atoms with van der Waals surface area (Å²) in [7, 11) is 0. The van der Waals surface area contributed by atoms with Gasteiger partial charge in [-0.2, -0.15) is 0 Å². The monoisotopic (exact) mass is 515 g/mol. The molecule has 39 heavy (non-hydrogen) atoms. The molecule has 0 aromatic heterocycles. The second-order valence-electron chi connectivity index (χ2n) is 11.9. The van der Waals surface area contributed by atoms with Gasteiger partial charge in [-0.3, -0.25) is 0 Å². The summed E-state index contributed by atoms with van der Waals surface area (Å²) in [5, 5.41) is 0. The molecule has 3 aliphatic heterocycles. The first-order chi connectivity index (χ1) is 19.1. The average Bonchev–Trinajstić information content (AvgIpc) is 3.76. The van der Waals surface area contributed by atoms with Crippen LogP contribution in [0.15, 0.2) is 87.8 Å². The Morgan fingerprint density at radius 3 is 1.49 bits per heavy atom. The van der Waals surface area contributed by atoms with Crippen LogP contribution in [0.25, 0.3) is 0 Å². The Bertz CT molecular complexity index is 1550. The van der Waals surface area contributed by atoms with Gasteiger partial charge in [-0.15, -0.1) is 0 Å². The molecule has 6 atom stereocenters. The molecule has 9 rings (SSSR count). The van der Waals surface area contributed by atoms with Crippen molar-refractivity contribution in [1.29, 1.82) is 0 Å². The molecular weight excluding hydrogens is 486 g/mol. The van der Waals surface area contributed by atoms with Crippen LogP contribution < -0.4 is 0 Å². The van der Waals surface area contributed by atoms with Gasteiger partial charge < -0.3 is 14.2 Å². The van der Waals surface area contributed by atoms with Gasteiger partial charge in [0.2, 0.25) is 11.8 Å². The molecule has 6 heteroatoms. The van der Waals surface area contributed by atoms with Crippen molar-refractivity contribution in [3.8, 4) is 0 Å². The Balaban J connectivity index is 1.10. The minimum absolute atomic E-state index is 0.00967. The number of fused-ring (bicyclic) bond motifs is 9. The summed E-state index contributed by atoms with van der Waals surface area (Å²) in [6.45, 7) is 2.15. The minimum atomic E-state index is -0.699. The number of rotatable bonds is 4. The summed E-state index contributed by atoms with van der Waals surface area (Å²) < 4.78 is 19.9. The van der Waals surface area contributed by atoms with Crippen LogP contribution in [0.3, 0.4) is 0 Å². The van der Waals surface area contributed by atoms with E-state index in [4.69, 9.17) is 29.2 Å². The van der Waals surface area contributed by atoms with Crippen LogP contribution in [0.5, 0.6) is 0 Å². The van der Waals surface area contributed by atoms with E-state index in [1.54, 1.807) is 0 Å². The summed E-state index contributed by atoms with van der Waals surface area (Å²) >= 11 is 0. The predicted molar refractivity (Wildman–Crippen MR) is 148 cm³/mol. The summed E-state index contributed by atoms with van der Waals surface area (Å²) in [6, 6.07) is 25.7. The molecule has 0 saturated heterocycles. The van der Waals surface area contributed by atoms with Gasteiger partial charge in [-0.05, 0) is 40.3 Å². The van der Waals surface area contributed by atoms with Crippen LogP contribution in [-0.4, -0.2) is 36.0 Å². The van der Waals surface area contributed by atoms with Gasteiger partial charge in [0.1, 0.15) is 41.9 Å². The molecule has 0 N–H and O–H groups in total. The lowest BCUT2D eigenvalue weighted by Crippen LogP contribution is -2.41. The first-order valence-corrected chi connectivity index (χ1v) is 14.1. The van der Waals surface area contributed by atoms with E-state index in [0.717, 1.165) is 25.2 Å². The van der Waals surface area contributed by atoms with Crippen molar-refractivity contribution in [2.24, 2.45) is 20.4 Å². The topological polar surface area (TPSA) is 64.8 Å². The van der Waals surface area contributed by atoms with Gasteiger partial charge in [0.15, 0.2) is 5.90 Å². The van der Waals surface area contributed by atoms with Crippen molar-refractivity contribution < 1.29 is 14.2 Å². The van der Waals surface area contributed by atoms with Crippen molar-refractivity contribution in [3.63, 3.8) is 0 Å². The molecule has 0 bridgehead atoms. The fraction of sp³-hybridized carbons (Fsp3) is 0.364. The fourth-order valence-electron chi connectivity index (χ4n) is 7.53. The lowest BCUT2D eigenvalue weighted by Gasteiger charge is -2.29. The van der Waals surface area contributed by atoms with Crippen molar-refractivity contribution >= 4 is 17.7 Å². The van der Waals surface area contributed by atoms with E-state index in [1.165, 1.54) is 33.4 Å². The maximum Gasteiger partial charge on any atom is 0.200 e. The van der Waals surface area contributed by atoms with E-state index in [2.05, 4.69) is 79.7 Å². The molecular formula is C33H29N3O3. The molecule has 0 saturated carbocycles. The van der Waals surface area contributed by atoms with E-state index in [-0.39, 0.29) is 36.4 Å². The summed E-state index contributed by atoms with van der Waals surface area (Å²) in [6.07, 6.45) is 3.22. The number of hydrogen-bond acceptors (Lipinski definition) is 6. The standard InChI is InChI=1S/C33H29N3O3/c1-33(31-35-29-22-12-6-3-9-19(22)15-25(29)38-31,32-36-30-23-13-7-4-10-20(23)16-26(30)39-32)17-27-34-28-21-11-5-2-8-18(21)14-24(28)37-27/h2-13,24-26,28-30H,14-17H2,1H3/t24-,25-,26-,28+,29+,30+/m0/s1. The predicted octanol–water partition coefficient (Wildman–Crippen LogP) is 5.67. The Labute approximate surface area is 227 Å². The van der Waals surface area contributed by atoms with Crippen molar-refractivity contribution in [3.05, 3.63) is 106 Å². The molecule has 0 unspecified atom stereocenters. The van der Waals surface area contributed by atoms with Gasteiger partial charge >= 0.3 is 0 Å². The zero-order valence-corrected chi connectivity index (χ0v) is 21.8. The maximum absolute atomic E-state index is 6.68. The smallest absolute Gasteiger partial charge is 0.200 e. The quantitative estimate of drug-likeness (QED) is 0.450. The Kier molecular flexibility index (Phi) is 4.39. The third-order valence-electron chi connectivity index (χ3n) is 9.50. The van der Waals surface area contributed by atoms with E-state index in [9.17, 15) is 0 Å². The van der Waals surface area contributed by atoms with E-state index < -0.39 is 5.41 Å². The number of benzene rings is 3. The molecule has 3 heterocycles. The fourth-order valence-corrected chi connectivity index (χ4v) is 7.53. The second-order valence-corrected chi connectivity index (χ2v) is 11.9. The van der Waals surface area contributed by atoms with Gasteiger partial charge in [-0.25, -0.2) is 15.0 Å². The molecule has 3 aliphatic carbocycles. The summed E-state index contributed by atoms with van der Waals surface area (Å²) in [4.78, 5) is 15.5. The van der Waals surface area contributed by atoms with Crippen molar-refractivity contribution in [1.82, 2.24) is 0 Å². The minimum Gasteiger partial charge on any atom is -0.475 e. The number of nitrogens with zero attached hydrogens (tertiary/aromatic N) is 3. The lowest BCUT2D eigenvalue weighted by atomic mass is 9.85. The van der Waals surface area contributed by atoms with Crippen LogP contribution >= 0.6 is 0 Å². The Hall–Kier alpha value is -3.93. The first-order valence-electron chi connectivity index (χ1n) is 14.1. The van der Waals surface area contributed by atoms with Crippen molar-refractivity contribution in [2.75, 3.05) is 0 Å². The van der Waals surface area contributed by atoms with Gasteiger partial charge in [0.25, 0.3) is 0 Å². The van der Waals surface area contributed by atoms with E-state index >= 15 is 0 Å². The summed E-state index contributed by atoms with van der Waals surface area (Å²) in [5.74, 6) is 2.14. The van der Waals surface area contributed by atoms with Crippen molar-refractivity contribution in [2.45, 2.75) is 69.0 Å². The molecule has 0 amide bonds. The number of aliphatic imine (C=N–C) groups is 3. The normalized spacial score (nSPS) is 30.5. The van der Waals surface area contributed by atoms with Crippen LogP contribution in [0.4, 0.5) is 0 Å². The van der Waals surface area contributed by atoms with Crippen LogP contribution in [0.1, 0.15) is 64.9 Å². The van der Waals surface area contributed by atoms with E-state index in [0.29, 0.717) is 18.2 Å². The third kappa shape index (κ3) is 3.11. The highest BCUT2D eigenvalue weighted by Gasteiger charge is 2.54. The van der Waals surface area contributed by atoms with E-state index in [1.807, 2.05) is 0 Å². The average molecular weight is 516 g/mol. The SMILES string of the molecule is CC(CC1=N[C@@H]2c3ccccc3C[C@@H]2O1)(C1=N[C@@H]2c3ccccc3C[C@@H]2O1)C1=N[C@@H]2c3ccccc3C[C@@H]2O1. The molecule has 194 valence electrons. The van der Waals surface area contributed by atoms with Crippen LogP contribution in [-0.2, 0) is 33.5 Å². The Morgan fingerprint density at radius 1 is 0.590 bits per heavy atom. The second kappa shape index (κ2) is 7.81. The lowest BCUT2D eigenvalue weighted by molar-refractivity contribution is 0.162. The van der Waals surface area contributed by atoms with Gasteiger partial charge in [0, 0.05) is 25.7 Å². The highest BCUT2D eigenvalue weighted by molar-refractivity contribution is 6.09. The highest BCUT2D eigenvalue weighted by Crippen LogP contribution is 2.49. The van der Waals surface area contributed by atoms with Crippen LogP contribution in [0.2, 0.25) is 0 Å². The molecule has 6 aliphatic rings. The zero-order chi connectivity index (χ0) is 25.7.